The predicted molar refractivity (Wildman–Crippen MR) is 82.2 cm³/mol. The summed E-state index contributed by atoms with van der Waals surface area (Å²) < 4.78 is 5.34. The largest absolute Gasteiger partial charge is 0.492 e. The van der Waals surface area contributed by atoms with Crippen molar-refractivity contribution in [1.29, 1.82) is 0 Å². The number of hydrogen-bond acceptors (Lipinski definition) is 4. The molecule has 0 heterocycles. The van der Waals surface area contributed by atoms with Crippen molar-refractivity contribution in [3.05, 3.63) is 24.3 Å². The van der Waals surface area contributed by atoms with Crippen molar-refractivity contribution in [2.45, 2.75) is 26.2 Å². The van der Waals surface area contributed by atoms with Crippen LogP contribution in [0.25, 0.3) is 0 Å². The van der Waals surface area contributed by atoms with Gasteiger partial charge in [0, 0.05) is 31.6 Å². The molecular formula is C15H23N3O3. The highest BCUT2D eigenvalue weighted by Crippen LogP contribution is 2.15. The van der Waals surface area contributed by atoms with Crippen LogP contribution in [0.1, 0.15) is 26.2 Å². The van der Waals surface area contributed by atoms with Crippen LogP contribution in [-0.2, 0) is 9.59 Å². The van der Waals surface area contributed by atoms with Gasteiger partial charge in [0.25, 0.3) is 0 Å². The first kappa shape index (κ1) is 17.0. The van der Waals surface area contributed by atoms with E-state index in [0.717, 1.165) is 6.42 Å². The lowest BCUT2D eigenvalue weighted by molar-refractivity contribution is -0.124. The summed E-state index contributed by atoms with van der Waals surface area (Å²) in [6.45, 7) is 3.54. The maximum Gasteiger partial charge on any atom is 0.224 e. The molecule has 0 saturated carbocycles. The molecule has 1 rings (SSSR count). The summed E-state index contributed by atoms with van der Waals surface area (Å²) >= 11 is 0. The van der Waals surface area contributed by atoms with E-state index in [-0.39, 0.29) is 24.7 Å². The number of carbonyl (C=O) groups excluding carboxylic acids is 2. The Hall–Kier alpha value is -2.08. The monoisotopic (exact) mass is 293 g/mol. The standard InChI is InChI=1S/C15H23N3O3/c1-2-10-17-14(19)7-8-15(20)18-12-3-5-13(6-4-12)21-11-9-16/h3-6H,2,7-11,16H2,1H3,(H,17,19)(H,18,20). The van der Waals surface area contributed by atoms with Crippen molar-refractivity contribution in [2.75, 3.05) is 25.0 Å². The molecule has 0 spiro atoms. The van der Waals surface area contributed by atoms with E-state index in [9.17, 15) is 9.59 Å². The van der Waals surface area contributed by atoms with E-state index in [1.54, 1.807) is 24.3 Å². The molecule has 0 unspecified atom stereocenters. The van der Waals surface area contributed by atoms with Gasteiger partial charge in [-0.05, 0) is 30.7 Å². The third kappa shape index (κ3) is 7.31. The molecule has 21 heavy (non-hydrogen) atoms. The highest BCUT2D eigenvalue weighted by Gasteiger charge is 2.06. The van der Waals surface area contributed by atoms with Gasteiger partial charge < -0.3 is 21.1 Å². The zero-order chi connectivity index (χ0) is 15.5. The van der Waals surface area contributed by atoms with E-state index in [0.29, 0.717) is 31.1 Å². The Morgan fingerprint density at radius 2 is 1.81 bits per heavy atom. The lowest BCUT2D eigenvalue weighted by Gasteiger charge is -2.08. The van der Waals surface area contributed by atoms with E-state index >= 15 is 0 Å². The Labute approximate surface area is 125 Å². The van der Waals surface area contributed by atoms with E-state index in [4.69, 9.17) is 10.5 Å². The lowest BCUT2D eigenvalue weighted by Crippen LogP contribution is -2.25. The van der Waals surface area contributed by atoms with Crippen molar-refractivity contribution in [3.8, 4) is 5.75 Å². The Balaban J connectivity index is 2.32. The molecule has 116 valence electrons. The lowest BCUT2D eigenvalue weighted by atomic mass is 10.2. The molecule has 0 bridgehead atoms. The minimum atomic E-state index is -0.183. The highest BCUT2D eigenvalue weighted by atomic mass is 16.5. The Bertz CT molecular complexity index is 446. The van der Waals surface area contributed by atoms with Gasteiger partial charge in [-0.25, -0.2) is 0 Å². The van der Waals surface area contributed by atoms with Gasteiger partial charge in [0.2, 0.25) is 11.8 Å². The summed E-state index contributed by atoms with van der Waals surface area (Å²) in [4.78, 5) is 23.1. The fourth-order valence-electron chi connectivity index (χ4n) is 1.61. The van der Waals surface area contributed by atoms with E-state index < -0.39 is 0 Å². The van der Waals surface area contributed by atoms with Crippen LogP contribution in [-0.4, -0.2) is 31.5 Å². The first-order valence-electron chi connectivity index (χ1n) is 7.15. The van der Waals surface area contributed by atoms with Crippen LogP contribution < -0.4 is 21.1 Å². The molecule has 1 aromatic rings. The van der Waals surface area contributed by atoms with Crippen molar-refractivity contribution in [3.63, 3.8) is 0 Å². The van der Waals surface area contributed by atoms with Crippen LogP contribution >= 0.6 is 0 Å². The van der Waals surface area contributed by atoms with Crippen LogP contribution in [0.3, 0.4) is 0 Å². The molecule has 0 radical (unpaired) electrons. The molecular weight excluding hydrogens is 270 g/mol. The van der Waals surface area contributed by atoms with Crippen LogP contribution in [0.5, 0.6) is 5.75 Å². The summed E-state index contributed by atoms with van der Waals surface area (Å²) in [6, 6.07) is 7.03. The first-order valence-corrected chi connectivity index (χ1v) is 7.15. The van der Waals surface area contributed by atoms with Crippen LogP contribution in [0.15, 0.2) is 24.3 Å². The first-order chi connectivity index (χ1) is 10.2. The minimum Gasteiger partial charge on any atom is -0.492 e. The molecule has 0 atom stereocenters. The van der Waals surface area contributed by atoms with Gasteiger partial charge in [-0.2, -0.15) is 0 Å². The number of ether oxygens (including phenoxy) is 1. The molecule has 0 saturated heterocycles. The summed E-state index contributed by atoms with van der Waals surface area (Å²) in [5.41, 5.74) is 6.02. The summed E-state index contributed by atoms with van der Waals surface area (Å²) in [5.74, 6) is 0.423. The number of benzene rings is 1. The van der Waals surface area contributed by atoms with Gasteiger partial charge in [0.05, 0.1) is 0 Å². The van der Waals surface area contributed by atoms with Crippen LogP contribution in [0.2, 0.25) is 0 Å². The summed E-state index contributed by atoms with van der Waals surface area (Å²) in [7, 11) is 0. The number of nitrogens with two attached hydrogens (primary N) is 1. The molecule has 2 amide bonds. The minimum absolute atomic E-state index is 0.0995. The molecule has 0 fully saturated rings. The topological polar surface area (TPSA) is 93.5 Å². The maximum absolute atomic E-state index is 11.7. The Morgan fingerprint density at radius 1 is 1.14 bits per heavy atom. The van der Waals surface area contributed by atoms with Gasteiger partial charge in [-0.1, -0.05) is 6.92 Å². The van der Waals surface area contributed by atoms with E-state index in [2.05, 4.69) is 10.6 Å². The van der Waals surface area contributed by atoms with Gasteiger partial charge >= 0.3 is 0 Å². The number of rotatable bonds is 9. The zero-order valence-corrected chi connectivity index (χ0v) is 12.4. The van der Waals surface area contributed by atoms with Crippen molar-refractivity contribution >= 4 is 17.5 Å². The molecule has 0 aliphatic rings. The van der Waals surface area contributed by atoms with Gasteiger partial charge in [0.1, 0.15) is 12.4 Å². The van der Waals surface area contributed by atoms with E-state index in [1.165, 1.54) is 0 Å². The average Bonchev–Trinajstić information content (AvgIpc) is 2.50. The summed E-state index contributed by atoms with van der Waals surface area (Å²) in [5, 5.41) is 5.47. The maximum atomic E-state index is 11.7. The number of anilines is 1. The van der Waals surface area contributed by atoms with Crippen molar-refractivity contribution < 1.29 is 14.3 Å². The van der Waals surface area contributed by atoms with Crippen LogP contribution in [0.4, 0.5) is 5.69 Å². The Morgan fingerprint density at radius 3 is 2.43 bits per heavy atom. The normalized spacial score (nSPS) is 10.0. The third-order valence-corrected chi connectivity index (χ3v) is 2.68. The van der Waals surface area contributed by atoms with Gasteiger partial charge in [-0.15, -0.1) is 0 Å². The predicted octanol–water partition coefficient (Wildman–Crippen LogP) is 1.27. The smallest absolute Gasteiger partial charge is 0.224 e. The second-order valence-electron chi connectivity index (χ2n) is 4.56. The van der Waals surface area contributed by atoms with Crippen LogP contribution in [0, 0.1) is 0 Å². The SMILES string of the molecule is CCCNC(=O)CCC(=O)Nc1ccc(OCCN)cc1. The fraction of sp³-hybridized carbons (Fsp3) is 0.467. The second-order valence-corrected chi connectivity index (χ2v) is 4.56. The third-order valence-electron chi connectivity index (χ3n) is 2.68. The number of amides is 2. The van der Waals surface area contributed by atoms with Crippen molar-refractivity contribution in [1.82, 2.24) is 5.32 Å². The quantitative estimate of drug-likeness (QED) is 0.639. The molecule has 0 aliphatic heterocycles. The molecule has 0 aromatic heterocycles. The summed E-state index contributed by atoms with van der Waals surface area (Å²) in [6.07, 6.45) is 1.25. The number of hydrogen-bond donors (Lipinski definition) is 3. The molecule has 6 nitrogen and oxygen atoms in total. The van der Waals surface area contributed by atoms with Gasteiger partial charge in [-0.3, -0.25) is 9.59 Å². The average molecular weight is 293 g/mol. The number of nitrogens with one attached hydrogen (secondary N) is 2. The molecule has 0 aliphatic carbocycles. The van der Waals surface area contributed by atoms with Gasteiger partial charge in [0.15, 0.2) is 0 Å². The second kappa shape index (κ2) is 9.77. The van der Waals surface area contributed by atoms with E-state index in [1.807, 2.05) is 6.92 Å². The Kier molecular flexibility index (Phi) is 7.89. The number of carbonyl (C=O) groups is 2. The highest BCUT2D eigenvalue weighted by molar-refractivity contribution is 5.93. The molecule has 4 N–H and O–H groups in total. The fourth-order valence-corrected chi connectivity index (χ4v) is 1.61. The molecule has 1 aromatic carbocycles. The zero-order valence-electron chi connectivity index (χ0n) is 12.4. The van der Waals surface area contributed by atoms with Crippen molar-refractivity contribution in [2.24, 2.45) is 5.73 Å². The molecule has 6 heteroatoms.